The summed E-state index contributed by atoms with van der Waals surface area (Å²) in [4.78, 5) is 94.2. The molecule has 25 heteroatoms. The van der Waals surface area contributed by atoms with Crippen LogP contribution >= 0.6 is 0 Å². The number of anilines is 2. The number of rotatable bonds is 25. The monoisotopic (exact) mass is 1150 g/mol. The number of nitrogens with zero attached hydrogens (tertiary/aromatic N) is 13. The van der Waals surface area contributed by atoms with Crippen LogP contribution in [0.5, 0.6) is 17.4 Å². The van der Waals surface area contributed by atoms with Crippen molar-refractivity contribution in [3.8, 4) is 34.7 Å². The van der Waals surface area contributed by atoms with Crippen LogP contribution in [0.1, 0.15) is 92.1 Å². The minimum Gasteiger partial charge on any atom is -0.487 e. The Bertz CT molecular complexity index is 3360. The van der Waals surface area contributed by atoms with Gasteiger partial charge in [-0.25, -0.2) is 34.4 Å². The Morgan fingerprint density at radius 1 is 0.881 bits per heavy atom. The van der Waals surface area contributed by atoms with E-state index in [0.717, 1.165) is 0 Å². The number of aromatic nitrogens is 8. The Hall–Kier alpha value is -8.99. The maximum absolute atomic E-state index is 13.5. The van der Waals surface area contributed by atoms with Gasteiger partial charge < -0.3 is 53.7 Å². The number of hydrogen-bond acceptors (Lipinski definition) is 20. The second kappa shape index (κ2) is 26.5. The van der Waals surface area contributed by atoms with Gasteiger partial charge in [0.1, 0.15) is 60.1 Å². The molecule has 0 bridgehead atoms. The summed E-state index contributed by atoms with van der Waals surface area (Å²) in [6.45, 7) is 15.5. The molecule has 1 unspecified atom stereocenters. The average molecular weight is 1150 g/mol. The normalized spacial score (nSPS) is 16.2. The summed E-state index contributed by atoms with van der Waals surface area (Å²) in [6.07, 6.45) is 8.71. The van der Waals surface area contributed by atoms with E-state index in [-0.39, 0.29) is 92.7 Å². The molecular weight excluding hydrogens is 1080 g/mol. The molecule has 25 nitrogen and oxygen atoms in total. The van der Waals surface area contributed by atoms with Gasteiger partial charge in [-0.1, -0.05) is 38.1 Å². The van der Waals surface area contributed by atoms with E-state index in [1.54, 1.807) is 72.2 Å². The fourth-order valence-corrected chi connectivity index (χ4v) is 9.71. The van der Waals surface area contributed by atoms with Gasteiger partial charge >= 0.3 is 5.97 Å². The van der Waals surface area contributed by atoms with Crippen molar-refractivity contribution in [3.05, 3.63) is 120 Å². The van der Waals surface area contributed by atoms with E-state index in [1.807, 2.05) is 62.3 Å². The van der Waals surface area contributed by atoms with E-state index in [0.29, 0.717) is 109 Å². The van der Waals surface area contributed by atoms with Gasteiger partial charge in [0, 0.05) is 80.3 Å². The van der Waals surface area contributed by atoms with Crippen LogP contribution in [-0.2, 0) is 48.3 Å². The fraction of sp³-hybridized carbons (Fsp3) is 0.441. The van der Waals surface area contributed by atoms with Crippen molar-refractivity contribution in [2.75, 3.05) is 75.6 Å². The second-order valence-corrected chi connectivity index (χ2v) is 22.4. The minimum atomic E-state index is -1.09. The van der Waals surface area contributed by atoms with Crippen molar-refractivity contribution in [2.45, 2.75) is 97.8 Å². The minimum absolute atomic E-state index is 0.0162. The van der Waals surface area contributed by atoms with Crippen LogP contribution in [0.4, 0.5) is 11.8 Å². The first-order chi connectivity index (χ1) is 40.3. The van der Waals surface area contributed by atoms with E-state index < -0.39 is 23.5 Å². The highest BCUT2D eigenvalue weighted by Gasteiger charge is 2.45. The number of carboxylic acids is 1. The number of ketones is 1. The number of benzene rings is 1. The Morgan fingerprint density at radius 2 is 1.64 bits per heavy atom. The van der Waals surface area contributed by atoms with Crippen molar-refractivity contribution in [3.63, 3.8) is 0 Å². The SMILES string of the molecule is C[C@@H]1CN(c2ncc(-c3ccc4c(n3)N(Cc3cccnc3C#N)C(C)(C)C4=O)cn2)CCN1C(=O)Cn1cc(COCCOCCOCC(=O)N2CC(Oc3cccc(Oc4ccc(C(=O)NC(CCC(C)(C)C)C(=O)O)cn4)c3)C2)nn1. The third-order valence-electron chi connectivity index (χ3n) is 14.5. The number of nitriles is 1. The highest BCUT2D eigenvalue weighted by molar-refractivity contribution is 6.13. The Balaban J connectivity index is 0.617. The number of fused-ring (bicyclic) bond motifs is 1. The van der Waals surface area contributed by atoms with Gasteiger partial charge in [-0.3, -0.25) is 19.2 Å². The number of aliphatic carboxylic acids is 1. The van der Waals surface area contributed by atoms with Gasteiger partial charge in [0.25, 0.3) is 5.91 Å². The van der Waals surface area contributed by atoms with Crippen LogP contribution in [-0.4, -0.2) is 174 Å². The maximum atomic E-state index is 13.5. The lowest BCUT2D eigenvalue weighted by Crippen LogP contribution is -2.57. The van der Waals surface area contributed by atoms with Crippen LogP contribution < -0.4 is 24.6 Å². The second-order valence-electron chi connectivity index (χ2n) is 22.4. The zero-order chi connectivity index (χ0) is 59.5. The topological polar surface area (TPSA) is 296 Å². The van der Waals surface area contributed by atoms with E-state index in [1.165, 1.54) is 23.0 Å². The first-order valence-corrected chi connectivity index (χ1v) is 27.7. The van der Waals surface area contributed by atoms with Gasteiger partial charge in [0.15, 0.2) is 5.78 Å². The number of Topliss-reactive ketones (excluding diaryl/α,β-unsaturated/α-hetero) is 1. The Labute approximate surface area is 485 Å². The number of ether oxygens (including phenoxy) is 5. The summed E-state index contributed by atoms with van der Waals surface area (Å²) in [5.74, 6) is 0.329. The molecule has 2 atom stereocenters. The van der Waals surface area contributed by atoms with Gasteiger partial charge in [-0.15, -0.1) is 5.10 Å². The molecule has 2 N–H and O–H groups in total. The summed E-state index contributed by atoms with van der Waals surface area (Å²) in [6, 6.07) is 18.2. The van der Waals surface area contributed by atoms with E-state index in [2.05, 4.69) is 41.6 Å². The van der Waals surface area contributed by atoms with Gasteiger partial charge in [0.05, 0.1) is 74.7 Å². The summed E-state index contributed by atoms with van der Waals surface area (Å²) in [5, 5.41) is 30.1. The molecule has 0 spiro atoms. The molecule has 0 aliphatic carbocycles. The number of carboxylic acid groups (broad SMARTS) is 1. The predicted octanol–water partition coefficient (Wildman–Crippen LogP) is 5.15. The van der Waals surface area contributed by atoms with Crippen molar-refractivity contribution < 1.29 is 52.8 Å². The Morgan fingerprint density at radius 3 is 2.37 bits per heavy atom. The number of piperazine rings is 1. The molecule has 6 aromatic rings. The van der Waals surface area contributed by atoms with E-state index >= 15 is 0 Å². The molecule has 1 aromatic carbocycles. The molecule has 9 rings (SSSR count). The third kappa shape index (κ3) is 15.0. The van der Waals surface area contributed by atoms with Crippen LogP contribution in [0.2, 0.25) is 0 Å². The summed E-state index contributed by atoms with van der Waals surface area (Å²) in [5.41, 5.74) is 2.59. The average Bonchev–Trinajstić information content (AvgIpc) is 2.19. The molecular formula is C59H68N14O11. The highest BCUT2D eigenvalue weighted by Crippen LogP contribution is 2.40. The lowest BCUT2D eigenvalue weighted by atomic mass is 9.88. The fourth-order valence-electron chi connectivity index (χ4n) is 9.71. The molecule has 0 saturated carbocycles. The molecule has 440 valence electrons. The molecule has 2 fully saturated rings. The first-order valence-electron chi connectivity index (χ1n) is 27.7. The standard InChI is InChI=1S/C59H68N14O11/c1-38-30-69(57-63-28-41(29-64-57)47-14-13-46-53(76)59(5,6)73(54(46)65-47)31-40-9-8-18-61-49(40)26-60)19-20-72(38)51(74)35-71-32-42(67-68-71)36-81-23-21-80-22-24-82-37-52(75)70-33-45(34-70)83-43-10-7-11-44(25-43)84-50-15-12-39(27-62-50)55(77)66-48(56(78)79)16-17-58(2,3)4/h7-15,18,25,27-29,32,38,45,48H,16-17,19-24,30-31,33-37H2,1-6H3,(H,66,77)(H,78,79)/t38-,48?/m1/s1. The van der Waals surface area contributed by atoms with E-state index in [4.69, 9.17) is 28.7 Å². The molecule has 3 aliphatic rings. The highest BCUT2D eigenvalue weighted by atomic mass is 16.5. The summed E-state index contributed by atoms with van der Waals surface area (Å²) >= 11 is 0. The van der Waals surface area contributed by atoms with Crippen molar-refractivity contribution in [1.82, 2.24) is 55.0 Å². The number of pyridine rings is 3. The molecule has 5 aromatic heterocycles. The van der Waals surface area contributed by atoms with Crippen LogP contribution in [0.3, 0.4) is 0 Å². The third-order valence-corrected chi connectivity index (χ3v) is 14.5. The number of hydrogen-bond donors (Lipinski definition) is 2. The van der Waals surface area contributed by atoms with Crippen LogP contribution in [0.25, 0.3) is 11.3 Å². The van der Waals surface area contributed by atoms with Crippen molar-refractivity contribution >= 4 is 41.2 Å². The molecule has 8 heterocycles. The number of carbonyl (C=O) groups excluding carboxylic acids is 4. The van der Waals surface area contributed by atoms with Gasteiger partial charge in [-0.2, -0.15) is 5.26 Å². The predicted molar refractivity (Wildman–Crippen MR) is 303 cm³/mol. The van der Waals surface area contributed by atoms with Gasteiger partial charge in [0.2, 0.25) is 23.6 Å². The van der Waals surface area contributed by atoms with Crippen LogP contribution in [0.15, 0.2) is 91.6 Å². The molecule has 0 radical (unpaired) electrons. The van der Waals surface area contributed by atoms with Crippen LogP contribution in [0, 0.1) is 16.7 Å². The molecule has 3 aliphatic heterocycles. The van der Waals surface area contributed by atoms with Gasteiger partial charge in [-0.05, 0) is 75.4 Å². The number of likely N-dealkylation sites (tertiary alicyclic amines) is 1. The number of amides is 3. The number of nitrogens with one attached hydrogen (secondary N) is 1. The van der Waals surface area contributed by atoms with E-state index in [9.17, 15) is 34.3 Å². The molecule has 3 amide bonds. The molecule has 2 saturated heterocycles. The molecule has 84 heavy (non-hydrogen) atoms. The number of carbonyl (C=O) groups is 5. The maximum Gasteiger partial charge on any atom is 0.326 e. The zero-order valence-electron chi connectivity index (χ0n) is 47.8. The van der Waals surface area contributed by atoms with Crippen molar-refractivity contribution in [2.24, 2.45) is 5.41 Å². The summed E-state index contributed by atoms with van der Waals surface area (Å²) in [7, 11) is 0. The smallest absolute Gasteiger partial charge is 0.326 e. The van der Waals surface area contributed by atoms with Crippen molar-refractivity contribution in [1.29, 1.82) is 5.26 Å². The lowest BCUT2D eigenvalue weighted by Gasteiger charge is -2.39. The lowest BCUT2D eigenvalue weighted by molar-refractivity contribution is -0.145. The zero-order valence-corrected chi connectivity index (χ0v) is 47.8. The Kier molecular flexibility index (Phi) is 18.8. The first kappa shape index (κ1) is 59.6. The largest absolute Gasteiger partial charge is 0.487 e. The quantitative estimate of drug-likeness (QED) is 0.0700. The summed E-state index contributed by atoms with van der Waals surface area (Å²) < 4.78 is 30.3.